The molecule has 0 aliphatic heterocycles. The molecule has 3 rings (SSSR count). The van der Waals surface area contributed by atoms with E-state index >= 15 is 0 Å². The van der Waals surface area contributed by atoms with Gasteiger partial charge < -0.3 is 20.1 Å². The summed E-state index contributed by atoms with van der Waals surface area (Å²) in [4.78, 5) is 25.2. The van der Waals surface area contributed by atoms with Crippen molar-refractivity contribution in [3.8, 4) is 11.5 Å². The van der Waals surface area contributed by atoms with Gasteiger partial charge in [-0.05, 0) is 37.1 Å². The number of ether oxygens (including phenoxy) is 2. The van der Waals surface area contributed by atoms with E-state index in [-0.39, 0.29) is 12.8 Å². The molecule has 6 nitrogen and oxygen atoms in total. The second-order valence-corrected chi connectivity index (χ2v) is 6.28. The Balaban J connectivity index is 1.79. The van der Waals surface area contributed by atoms with Crippen LogP contribution in [0, 0.1) is 22.9 Å². The predicted molar refractivity (Wildman–Crippen MR) is 94.8 cm³/mol. The number of carbonyl (C=O) groups is 2. The molecular formula is C19H17F3N2O4. The van der Waals surface area contributed by atoms with Gasteiger partial charge in [-0.2, -0.15) is 0 Å². The number of amides is 2. The molecule has 28 heavy (non-hydrogen) atoms. The van der Waals surface area contributed by atoms with Crippen molar-refractivity contribution >= 4 is 23.2 Å². The lowest BCUT2D eigenvalue weighted by Gasteiger charge is -2.17. The molecular weight excluding hydrogens is 377 g/mol. The molecule has 9 heteroatoms. The average molecular weight is 394 g/mol. The van der Waals surface area contributed by atoms with Crippen LogP contribution in [-0.4, -0.2) is 26.0 Å². The van der Waals surface area contributed by atoms with E-state index in [4.69, 9.17) is 9.47 Å². The quantitative estimate of drug-likeness (QED) is 0.581. The van der Waals surface area contributed by atoms with Crippen LogP contribution in [0.3, 0.4) is 0 Å². The van der Waals surface area contributed by atoms with Crippen LogP contribution in [0.4, 0.5) is 24.5 Å². The Kier molecular flexibility index (Phi) is 5.17. The number of carbonyl (C=O) groups excluding carboxylic acids is 2. The lowest BCUT2D eigenvalue weighted by molar-refractivity contribution is -0.131. The Morgan fingerprint density at radius 2 is 1.54 bits per heavy atom. The highest BCUT2D eigenvalue weighted by Crippen LogP contribution is 2.48. The molecule has 2 N–H and O–H groups in total. The van der Waals surface area contributed by atoms with Gasteiger partial charge in [-0.1, -0.05) is 0 Å². The molecule has 2 aromatic rings. The van der Waals surface area contributed by atoms with Crippen LogP contribution < -0.4 is 20.1 Å². The first-order valence-corrected chi connectivity index (χ1v) is 8.31. The molecule has 0 radical (unpaired) electrons. The highest BCUT2D eigenvalue weighted by Gasteiger charge is 2.56. The first kappa shape index (κ1) is 19.5. The number of hydrogen-bond acceptors (Lipinski definition) is 4. The van der Waals surface area contributed by atoms with Crippen molar-refractivity contribution in [1.82, 2.24) is 0 Å². The topological polar surface area (TPSA) is 76.7 Å². The van der Waals surface area contributed by atoms with Crippen molar-refractivity contribution in [2.75, 3.05) is 24.9 Å². The Hall–Kier alpha value is -3.23. The molecule has 0 aromatic heterocycles. The van der Waals surface area contributed by atoms with Gasteiger partial charge in [-0.25, -0.2) is 13.2 Å². The molecule has 0 bridgehead atoms. The molecule has 2 aromatic carbocycles. The van der Waals surface area contributed by atoms with Crippen LogP contribution in [-0.2, 0) is 9.59 Å². The van der Waals surface area contributed by atoms with E-state index in [2.05, 4.69) is 10.6 Å². The lowest BCUT2D eigenvalue weighted by atomic mass is 10.0. The molecule has 1 aliphatic rings. The van der Waals surface area contributed by atoms with E-state index in [1.54, 1.807) is 12.1 Å². The third-order valence-corrected chi connectivity index (χ3v) is 4.56. The number of nitrogens with one attached hydrogen (secondary N) is 2. The Morgan fingerprint density at radius 1 is 0.893 bits per heavy atom. The van der Waals surface area contributed by atoms with Crippen molar-refractivity contribution in [3.05, 3.63) is 47.8 Å². The van der Waals surface area contributed by atoms with E-state index in [1.165, 1.54) is 20.3 Å². The maximum Gasteiger partial charge on any atom is 0.240 e. The summed E-state index contributed by atoms with van der Waals surface area (Å²) in [6, 6.07) is 6.34. The van der Waals surface area contributed by atoms with Crippen molar-refractivity contribution in [2.45, 2.75) is 12.8 Å². The molecule has 0 atom stereocenters. The van der Waals surface area contributed by atoms with Gasteiger partial charge in [-0.15, -0.1) is 0 Å². The first-order valence-electron chi connectivity index (χ1n) is 8.31. The molecule has 0 unspecified atom stereocenters. The molecule has 2 amide bonds. The maximum atomic E-state index is 13.8. The summed E-state index contributed by atoms with van der Waals surface area (Å²) in [5.74, 6) is -5.21. The van der Waals surface area contributed by atoms with Gasteiger partial charge in [0.1, 0.15) is 16.9 Å². The number of anilines is 2. The standard InChI is InChI=1S/C19H17F3N2O4/c1-27-10-3-6-14(28-2)13(9-10)24-18(26)19(7-8-19)17(25)23-12-5-4-11(20)15(21)16(12)22/h3-6,9H,7-8H2,1-2H3,(H,23,25)(H,24,26). The summed E-state index contributed by atoms with van der Waals surface area (Å²) in [6.07, 6.45) is 0.449. The summed E-state index contributed by atoms with van der Waals surface area (Å²) in [7, 11) is 2.88. The minimum atomic E-state index is -1.70. The van der Waals surface area contributed by atoms with Crippen molar-refractivity contribution in [2.24, 2.45) is 5.41 Å². The normalized spacial score (nSPS) is 14.2. The summed E-state index contributed by atoms with van der Waals surface area (Å²) >= 11 is 0. The van der Waals surface area contributed by atoms with Gasteiger partial charge in [0, 0.05) is 6.07 Å². The van der Waals surface area contributed by atoms with Crippen LogP contribution in [0.5, 0.6) is 11.5 Å². The number of rotatable bonds is 6. The molecule has 148 valence electrons. The highest BCUT2D eigenvalue weighted by atomic mass is 19.2. The fourth-order valence-corrected chi connectivity index (χ4v) is 2.70. The van der Waals surface area contributed by atoms with Gasteiger partial charge >= 0.3 is 0 Å². The Labute approximate surface area is 158 Å². The molecule has 1 fully saturated rings. The second-order valence-electron chi connectivity index (χ2n) is 6.28. The molecule has 0 spiro atoms. The SMILES string of the molecule is COc1ccc(OC)c(NC(=O)C2(C(=O)Nc3ccc(F)c(F)c3F)CC2)c1. The Bertz CT molecular complexity index is 945. The van der Waals surface area contributed by atoms with Crippen LogP contribution >= 0.6 is 0 Å². The first-order chi connectivity index (χ1) is 13.3. The summed E-state index contributed by atoms with van der Waals surface area (Å²) in [6.45, 7) is 0. The lowest BCUT2D eigenvalue weighted by Crippen LogP contribution is -2.36. The van der Waals surface area contributed by atoms with Crippen LogP contribution in [0.15, 0.2) is 30.3 Å². The summed E-state index contributed by atoms with van der Waals surface area (Å²) in [5, 5.41) is 4.77. The maximum absolute atomic E-state index is 13.8. The van der Waals surface area contributed by atoms with Gasteiger partial charge in [0.2, 0.25) is 11.8 Å². The molecule has 1 aliphatic carbocycles. The van der Waals surface area contributed by atoms with Crippen LogP contribution in [0.25, 0.3) is 0 Å². The van der Waals surface area contributed by atoms with Crippen molar-refractivity contribution in [1.29, 1.82) is 0 Å². The Morgan fingerprint density at radius 3 is 2.11 bits per heavy atom. The van der Waals surface area contributed by atoms with E-state index in [0.717, 1.165) is 6.07 Å². The predicted octanol–water partition coefficient (Wildman–Crippen LogP) is 3.48. The fraction of sp³-hybridized carbons (Fsp3) is 0.263. The van der Waals surface area contributed by atoms with E-state index in [9.17, 15) is 22.8 Å². The van der Waals surface area contributed by atoms with E-state index in [0.29, 0.717) is 23.3 Å². The van der Waals surface area contributed by atoms with E-state index < -0.39 is 40.4 Å². The molecule has 1 saturated carbocycles. The number of benzene rings is 2. The second kappa shape index (κ2) is 7.41. The van der Waals surface area contributed by atoms with Crippen LogP contribution in [0.1, 0.15) is 12.8 Å². The summed E-state index contributed by atoms with van der Waals surface area (Å²) < 4.78 is 50.5. The zero-order valence-electron chi connectivity index (χ0n) is 15.1. The fourth-order valence-electron chi connectivity index (χ4n) is 2.70. The van der Waals surface area contributed by atoms with Crippen molar-refractivity contribution < 1.29 is 32.2 Å². The van der Waals surface area contributed by atoms with Crippen LogP contribution in [0.2, 0.25) is 0 Å². The largest absolute Gasteiger partial charge is 0.497 e. The van der Waals surface area contributed by atoms with Gasteiger partial charge in [0.15, 0.2) is 17.5 Å². The smallest absolute Gasteiger partial charge is 0.240 e. The third kappa shape index (κ3) is 3.47. The monoisotopic (exact) mass is 394 g/mol. The van der Waals surface area contributed by atoms with E-state index in [1.807, 2.05) is 0 Å². The van der Waals surface area contributed by atoms with Gasteiger partial charge in [-0.3, -0.25) is 9.59 Å². The minimum Gasteiger partial charge on any atom is -0.497 e. The highest BCUT2D eigenvalue weighted by molar-refractivity contribution is 6.17. The number of hydrogen-bond donors (Lipinski definition) is 2. The minimum absolute atomic E-state index is 0.224. The van der Waals surface area contributed by atoms with Gasteiger partial charge in [0.05, 0.1) is 25.6 Å². The summed E-state index contributed by atoms with van der Waals surface area (Å²) in [5.41, 5.74) is -1.68. The zero-order chi connectivity index (χ0) is 20.5. The number of halogens is 3. The average Bonchev–Trinajstić information content (AvgIpc) is 3.50. The molecule has 0 heterocycles. The van der Waals surface area contributed by atoms with Gasteiger partial charge in [0.25, 0.3) is 0 Å². The molecule has 0 saturated heterocycles. The van der Waals surface area contributed by atoms with Crippen molar-refractivity contribution in [3.63, 3.8) is 0 Å². The number of methoxy groups -OCH3 is 2. The zero-order valence-corrected chi connectivity index (χ0v) is 15.1. The third-order valence-electron chi connectivity index (χ3n) is 4.56.